The highest BCUT2D eigenvalue weighted by atomic mass is 16.5. The van der Waals surface area contributed by atoms with Crippen molar-refractivity contribution in [2.24, 2.45) is 0 Å². The predicted octanol–water partition coefficient (Wildman–Crippen LogP) is 3.02. The van der Waals surface area contributed by atoms with Crippen LogP contribution in [0.25, 0.3) is 0 Å². The molecule has 0 fully saturated rings. The van der Waals surface area contributed by atoms with E-state index in [4.69, 9.17) is 10.5 Å². The average Bonchev–Trinajstić information content (AvgIpc) is 2.40. The molecule has 4 heteroatoms. The van der Waals surface area contributed by atoms with Crippen molar-refractivity contribution in [1.82, 2.24) is 0 Å². The van der Waals surface area contributed by atoms with E-state index in [0.29, 0.717) is 11.4 Å². The van der Waals surface area contributed by atoms with Gasteiger partial charge in [0.15, 0.2) is 0 Å². The zero-order valence-corrected chi connectivity index (χ0v) is 9.80. The van der Waals surface area contributed by atoms with Crippen LogP contribution in [0.1, 0.15) is 5.56 Å². The molecular weight excluding hydrogens is 228 g/mol. The van der Waals surface area contributed by atoms with E-state index in [2.05, 4.69) is 5.32 Å². The van der Waals surface area contributed by atoms with Gasteiger partial charge in [-0.3, -0.25) is 5.32 Å². The van der Waals surface area contributed by atoms with Gasteiger partial charge in [-0.05, 0) is 17.7 Å². The van der Waals surface area contributed by atoms with Gasteiger partial charge in [0.25, 0.3) is 0 Å². The molecule has 3 N–H and O–H groups in total. The first-order valence-electron chi connectivity index (χ1n) is 5.58. The van der Waals surface area contributed by atoms with Gasteiger partial charge in [-0.1, -0.05) is 42.5 Å². The first-order chi connectivity index (χ1) is 8.75. The lowest BCUT2D eigenvalue weighted by molar-refractivity contribution is 0.155. The summed E-state index contributed by atoms with van der Waals surface area (Å²) in [6.45, 7) is 0.236. The number of nitrogens with one attached hydrogen (secondary N) is 1. The molecule has 2 rings (SSSR count). The topological polar surface area (TPSA) is 64.3 Å². The van der Waals surface area contributed by atoms with E-state index in [1.54, 1.807) is 24.3 Å². The number of carbonyl (C=O) groups is 1. The number of hydrogen-bond acceptors (Lipinski definition) is 3. The summed E-state index contributed by atoms with van der Waals surface area (Å²) in [6, 6.07) is 16.5. The Balaban J connectivity index is 1.88. The number of benzene rings is 2. The maximum Gasteiger partial charge on any atom is 0.412 e. The fourth-order valence-electron chi connectivity index (χ4n) is 1.48. The van der Waals surface area contributed by atoms with E-state index in [1.165, 1.54) is 0 Å². The molecule has 0 aliphatic heterocycles. The van der Waals surface area contributed by atoms with Gasteiger partial charge in [0.2, 0.25) is 0 Å². The van der Waals surface area contributed by atoms with Crippen molar-refractivity contribution in [3.63, 3.8) is 0 Å². The summed E-state index contributed by atoms with van der Waals surface area (Å²) in [6.07, 6.45) is -0.517. The first-order valence-corrected chi connectivity index (χ1v) is 5.58. The molecule has 0 aliphatic rings. The largest absolute Gasteiger partial charge is 0.444 e. The number of amides is 1. The fraction of sp³-hybridized carbons (Fsp3) is 0.0714. The second-order valence-corrected chi connectivity index (χ2v) is 3.77. The van der Waals surface area contributed by atoms with Crippen LogP contribution >= 0.6 is 0 Å². The molecule has 0 unspecified atom stereocenters. The lowest BCUT2D eigenvalue weighted by atomic mass is 10.2. The second-order valence-electron chi connectivity index (χ2n) is 3.77. The molecule has 2 aromatic rings. The number of para-hydroxylation sites is 2. The van der Waals surface area contributed by atoms with Crippen LogP contribution in [0, 0.1) is 0 Å². The molecule has 4 nitrogen and oxygen atoms in total. The Labute approximate surface area is 105 Å². The Kier molecular flexibility index (Phi) is 3.81. The maximum absolute atomic E-state index is 11.5. The molecule has 0 saturated carbocycles. The third-order valence-electron chi connectivity index (χ3n) is 2.41. The van der Waals surface area contributed by atoms with E-state index in [1.807, 2.05) is 30.3 Å². The zero-order valence-electron chi connectivity index (χ0n) is 9.80. The van der Waals surface area contributed by atoms with Crippen molar-refractivity contribution in [3.8, 4) is 0 Å². The SMILES string of the molecule is Nc1ccccc1NC(=O)OCc1ccccc1. The van der Waals surface area contributed by atoms with Crippen molar-refractivity contribution in [3.05, 3.63) is 60.2 Å². The molecule has 0 saturated heterocycles. The molecule has 92 valence electrons. The van der Waals surface area contributed by atoms with E-state index in [9.17, 15) is 4.79 Å². The van der Waals surface area contributed by atoms with Gasteiger partial charge in [0, 0.05) is 0 Å². The molecule has 0 radical (unpaired) electrons. The van der Waals surface area contributed by atoms with Crippen LogP contribution in [0.2, 0.25) is 0 Å². The number of nitrogens with two attached hydrogens (primary N) is 1. The highest BCUT2D eigenvalue weighted by Gasteiger charge is 2.05. The molecule has 0 aromatic heterocycles. The average molecular weight is 242 g/mol. The highest BCUT2D eigenvalue weighted by molar-refractivity contribution is 5.88. The minimum Gasteiger partial charge on any atom is -0.444 e. The van der Waals surface area contributed by atoms with Gasteiger partial charge in [0.1, 0.15) is 6.61 Å². The number of nitrogen functional groups attached to an aromatic ring is 1. The quantitative estimate of drug-likeness (QED) is 0.813. The number of ether oxygens (including phenoxy) is 1. The van der Waals surface area contributed by atoms with E-state index >= 15 is 0 Å². The Bertz CT molecular complexity index is 526. The second kappa shape index (κ2) is 5.72. The third kappa shape index (κ3) is 3.25. The Morgan fingerprint density at radius 3 is 2.44 bits per heavy atom. The molecular formula is C14H14N2O2. The number of carbonyl (C=O) groups excluding carboxylic acids is 1. The number of anilines is 2. The smallest absolute Gasteiger partial charge is 0.412 e. The molecule has 18 heavy (non-hydrogen) atoms. The van der Waals surface area contributed by atoms with Crippen LogP contribution < -0.4 is 11.1 Å². The van der Waals surface area contributed by atoms with Crippen LogP contribution in [-0.2, 0) is 11.3 Å². The van der Waals surface area contributed by atoms with Gasteiger partial charge < -0.3 is 10.5 Å². The minimum atomic E-state index is -0.517. The van der Waals surface area contributed by atoms with Gasteiger partial charge in [-0.15, -0.1) is 0 Å². The Hall–Kier alpha value is -2.49. The summed E-state index contributed by atoms with van der Waals surface area (Å²) >= 11 is 0. The molecule has 0 aliphatic carbocycles. The zero-order chi connectivity index (χ0) is 12.8. The monoisotopic (exact) mass is 242 g/mol. The summed E-state index contributed by atoms with van der Waals surface area (Å²) in [4.78, 5) is 11.5. The predicted molar refractivity (Wildman–Crippen MR) is 71.1 cm³/mol. The highest BCUT2D eigenvalue weighted by Crippen LogP contribution is 2.16. The molecule has 2 aromatic carbocycles. The molecule has 0 spiro atoms. The standard InChI is InChI=1S/C14H14N2O2/c15-12-8-4-5-9-13(12)16-14(17)18-10-11-6-2-1-3-7-11/h1-9H,10,15H2,(H,16,17). The van der Waals surface area contributed by atoms with Crippen molar-refractivity contribution < 1.29 is 9.53 Å². The van der Waals surface area contributed by atoms with E-state index in [-0.39, 0.29) is 6.61 Å². The lowest BCUT2D eigenvalue weighted by Gasteiger charge is -2.08. The Morgan fingerprint density at radius 1 is 1.06 bits per heavy atom. The molecule has 0 bridgehead atoms. The summed E-state index contributed by atoms with van der Waals surface area (Å²) in [5.41, 5.74) is 7.70. The van der Waals surface area contributed by atoms with Gasteiger partial charge in [0.05, 0.1) is 11.4 Å². The number of hydrogen-bond donors (Lipinski definition) is 2. The van der Waals surface area contributed by atoms with Crippen LogP contribution in [0.4, 0.5) is 16.2 Å². The van der Waals surface area contributed by atoms with Crippen LogP contribution in [0.5, 0.6) is 0 Å². The van der Waals surface area contributed by atoms with Gasteiger partial charge >= 0.3 is 6.09 Å². The van der Waals surface area contributed by atoms with Crippen molar-refractivity contribution >= 4 is 17.5 Å². The normalized spacial score (nSPS) is 9.78. The third-order valence-corrected chi connectivity index (χ3v) is 2.41. The first kappa shape index (κ1) is 12.0. The van der Waals surface area contributed by atoms with Crippen molar-refractivity contribution in [2.45, 2.75) is 6.61 Å². The lowest BCUT2D eigenvalue weighted by Crippen LogP contribution is -2.14. The summed E-state index contributed by atoms with van der Waals surface area (Å²) < 4.78 is 5.08. The van der Waals surface area contributed by atoms with E-state index in [0.717, 1.165) is 5.56 Å². The van der Waals surface area contributed by atoms with Crippen molar-refractivity contribution in [2.75, 3.05) is 11.1 Å². The summed E-state index contributed by atoms with van der Waals surface area (Å²) in [5, 5.41) is 2.59. The molecule has 0 heterocycles. The fourth-order valence-corrected chi connectivity index (χ4v) is 1.48. The summed E-state index contributed by atoms with van der Waals surface area (Å²) in [7, 11) is 0. The molecule has 1 amide bonds. The Morgan fingerprint density at radius 2 is 1.72 bits per heavy atom. The number of rotatable bonds is 3. The summed E-state index contributed by atoms with van der Waals surface area (Å²) in [5.74, 6) is 0. The minimum absolute atomic E-state index is 0.236. The van der Waals surface area contributed by atoms with Gasteiger partial charge in [-0.2, -0.15) is 0 Å². The maximum atomic E-state index is 11.5. The van der Waals surface area contributed by atoms with Crippen LogP contribution in [-0.4, -0.2) is 6.09 Å². The molecule has 0 atom stereocenters. The van der Waals surface area contributed by atoms with Gasteiger partial charge in [-0.25, -0.2) is 4.79 Å². The van der Waals surface area contributed by atoms with Crippen LogP contribution in [0.15, 0.2) is 54.6 Å². The van der Waals surface area contributed by atoms with E-state index < -0.39 is 6.09 Å². The van der Waals surface area contributed by atoms with Crippen LogP contribution in [0.3, 0.4) is 0 Å². The van der Waals surface area contributed by atoms with Crippen molar-refractivity contribution in [1.29, 1.82) is 0 Å².